The Morgan fingerprint density at radius 1 is 1.15 bits per heavy atom. The molecule has 0 spiro atoms. The number of ether oxygens (including phenoxy) is 1. The number of nitrogens with zero attached hydrogens (tertiary/aromatic N) is 4. The number of aryl methyl sites for hydroxylation is 1. The molecule has 3 rings (SSSR count). The molecule has 0 atom stereocenters. The molecule has 0 amide bonds. The Kier molecular flexibility index (Phi) is 6.03. The second kappa shape index (κ2) is 8.84. The van der Waals surface area contributed by atoms with E-state index >= 15 is 0 Å². The van der Waals surface area contributed by atoms with Gasteiger partial charge in [0, 0.05) is 19.0 Å². The molecule has 1 heterocycles. The summed E-state index contributed by atoms with van der Waals surface area (Å²) < 4.78 is 7.66. The maximum atomic E-state index is 5.95. The second-order valence-corrected chi connectivity index (χ2v) is 5.75. The number of guanidine groups is 1. The number of fused-ring (bicyclic) bond motifs is 1. The van der Waals surface area contributed by atoms with Gasteiger partial charge in [-0.15, -0.1) is 0 Å². The van der Waals surface area contributed by atoms with E-state index in [1.54, 1.807) is 4.68 Å². The van der Waals surface area contributed by atoms with E-state index in [1.807, 2.05) is 38.2 Å². The van der Waals surface area contributed by atoms with Gasteiger partial charge in [0.2, 0.25) is 0 Å². The Labute approximate surface area is 153 Å². The molecule has 1 aromatic heterocycles. The molecule has 0 bridgehead atoms. The van der Waals surface area contributed by atoms with Crippen molar-refractivity contribution in [3.05, 3.63) is 54.6 Å². The molecule has 136 valence electrons. The molecule has 7 heteroatoms. The smallest absolute Gasteiger partial charge is 0.191 e. The molecule has 0 aliphatic carbocycles. The van der Waals surface area contributed by atoms with E-state index in [1.165, 1.54) is 11.7 Å². The highest BCUT2D eigenvalue weighted by molar-refractivity contribution is 5.88. The fourth-order valence-electron chi connectivity index (χ4n) is 2.61. The van der Waals surface area contributed by atoms with E-state index in [9.17, 15) is 0 Å². The summed E-state index contributed by atoms with van der Waals surface area (Å²) in [7, 11) is 1.86. The van der Waals surface area contributed by atoms with Gasteiger partial charge in [0.15, 0.2) is 5.96 Å². The minimum atomic E-state index is 0.468. The van der Waals surface area contributed by atoms with E-state index in [0.29, 0.717) is 19.7 Å². The van der Waals surface area contributed by atoms with Crippen LogP contribution in [0.2, 0.25) is 0 Å². The molecule has 0 saturated carbocycles. The minimum Gasteiger partial charge on any atom is -0.491 e. The normalized spacial score (nSPS) is 11.5. The zero-order valence-corrected chi connectivity index (χ0v) is 15.1. The molecule has 0 aliphatic heterocycles. The van der Waals surface area contributed by atoms with Crippen molar-refractivity contribution in [2.75, 3.05) is 19.7 Å². The van der Waals surface area contributed by atoms with Crippen LogP contribution in [0.1, 0.15) is 12.7 Å². The first-order valence-electron chi connectivity index (χ1n) is 8.73. The molecule has 26 heavy (non-hydrogen) atoms. The zero-order chi connectivity index (χ0) is 18.2. The van der Waals surface area contributed by atoms with E-state index in [2.05, 4.69) is 43.9 Å². The summed E-state index contributed by atoms with van der Waals surface area (Å²) in [6.07, 6.45) is 1.53. The Bertz CT molecular complexity index is 868. The standard InChI is InChI=1S/C19H24N6O/c1-3-20-19(22-13-18-23-14-24-25(18)2)21-11-12-26-17-10-6-8-15-7-4-5-9-16(15)17/h4-10,14H,3,11-13H2,1-2H3,(H2,20,21,22). The molecule has 7 nitrogen and oxygen atoms in total. The first-order chi connectivity index (χ1) is 12.8. The number of hydrogen-bond donors (Lipinski definition) is 2. The van der Waals surface area contributed by atoms with Gasteiger partial charge in [0.05, 0.1) is 6.54 Å². The van der Waals surface area contributed by atoms with Gasteiger partial charge in [-0.1, -0.05) is 36.4 Å². The van der Waals surface area contributed by atoms with Gasteiger partial charge in [0.1, 0.15) is 31.1 Å². The maximum absolute atomic E-state index is 5.95. The highest BCUT2D eigenvalue weighted by Gasteiger charge is 2.03. The molecule has 0 unspecified atom stereocenters. The van der Waals surface area contributed by atoms with Crippen LogP contribution in [0.4, 0.5) is 0 Å². The summed E-state index contributed by atoms with van der Waals surface area (Å²) in [4.78, 5) is 8.70. The van der Waals surface area contributed by atoms with E-state index in [4.69, 9.17) is 4.74 Å². The average Bonchev–Trinajstić information content (AvgIpc) is 3.08. The molecule has 0 fully saturated rings. The van der Waals surface area contributed by atoms with Crippen molar-refractivity contribution in [3.8, 4) is 5.75 Å². The Hall–Kier alpha value is -3.09. The van der Waals surface area contributed by atoms with Crippen molar-refractivity contribution in [2.24, 2.45) is 12.0 Å². The fraction of sp³-hybridized carbons (Fsp3) is 0.316. The summed E-state index contributed by atoms with van der Waals surface area (Å²) in [6.45, 7) is 4.48. The number of aliphatic imine (C=N–C) groups is 1. The van der Waals surface area contributed by atoms with E-state index < -0.39 is 0 Å². The van der Waals surface area contributed by atoms with Crippen LogP contribution in [-0.2, 0) is 13.6 Å². The van der Waals surface area contributed by atoms with Crippen LogP contribution in [0.3, 0.4) is 0 Å². The number of aromatic nitrogens is 3. The average molecular weight is 352 g/mol. The van der Waals surface area contributed by atoms with Gasteiger partial charge in [-0.2, -0.15) is 5.10 Å². The summed E-state index contributed by atoms with van der Waals surface area (Å²) in [6, 6.07) is 14.3. The molecule has 2 aromatic carbocycles. The molecule has 2 N–H and O–H groups in total. The van der Waals surface area contributed by atoms with Gasteiger partial charge in [-0.25, -0.2) is 9.98 Å². The second-order valence-electron chi connectivity index (χ2n) is 5.75. The van der Waals surface area contributed by atoms with Crippen molar-refractivity contribution in [1.82, 2.24) is 25.4 Å². The first kappa shape index (κ1) is 17.7. The number of hydrogen-bond acceptors (Lipinski definition) is 4. The third-order valence-corrected chi connectivity index (χ3v) is 3.93. The quantitative estimate of drug-likeness (QED) is 0.387. The topological polar surface area (TPSA) is 76.4 Å². The fourth-order valence-corrected chi connectivity index (χ4v) is 2.61. The highest BCUT2D eigenvalue weighted by Crippen LogP contribution is 2.24. The minimum absolute atomic E-state index is 0.468. The van der Waals surface area contributed by atoms with Crippen LogP contribution in [0.5, 0.6) is 5.75 Å². The largest absolute Gasteiger partial charge is 0.491 e. The maximum Gasteiger partial charge on any atom is 0.191 e. The van der Waals surface area contributed by atoms with Crippen LogP contribution in [0, 0.1) is 0 Å². The van der Waals surface area contributed by atoms with Crippen LogP contribution in [-0.4, -0.2) is 40.4 Å². The third kappa shape index (κ3) is 4.50. The number of benzene rings is 2. The Balaban J connectivity index is 1.54. The Morgan fingerprint density at radius 2 is 2.00 bits per heavy atom. The summed E-state index contributed by atoms with van der Waals surface area (Å²) in [5, 5.41) is 12.8. The summed E-state index contributed by atoms with van der Waals surface area (Å²) in [5.74, 6) is 2.44. The lowest BCUT2D eigenvalue weighted by Crippen LogP contribution is -2.39. The van der Waals surface area contributed by atoms with Crippen molar-refractivity contribution < 1.29 is 4.74 Å². The molecular formula is C19H24N6O. The molecule has 0 saturated heterocycles. The highest BCUT2D eigenvalue weighted by atomic mass is 16.5. The summed E-state index contributed by atoms with van der Waals surface area (Å²) >= 11 is 0. The lowest BCUT2D eigenvalue weighted by atomic mass is 10.1. The van der Waals surface area contributed by atoms with Crippen LogP contribution in [0.15, 0.2) is 53.8 Å². The number of nitrogens with one attached hydrogen (secondary N) is 2. The first-order valence-corrected chi connectivity index (χ1v) is 8.73. The number of rotatable bonds is 7. The van der Waals surface area contributed by atoms with Crippen LogP contribution < -0.4 is 15.4 Å². The van der Waals surface area contributed by atoms with Crippen LogP contribution in [0.25, 0.3) is 10.8 Å². The van der Waals surface area contributed by atoms with Crippen molar-refractivity contribution >= 4 is 16.7 Å². The Morgan fingerprint density at radius 3 is 2.81 bits per heavy atom. The van der Waals surface area contributed by atoms with Crippen molar-refractivity contribution in [1.29, 1.82) is 0 Å². The van der Waals surface area contributed by atoms with Gasteiger partial charge in [-0.05, 0) is 18.4 Å². The predicted octanol–water partition coefficient (Wildman–Crippen LogP) is 2.10. The van der Waals surface area contributed by atoms with Crippen molar-refractivity contribution in [2.45, 2.75) is 13.5 Å². The monoisotopic (exact) mass is 352 g/mol. The molecular weight excluding hydrogens is 328 g/mol. The third-order valence-electron chi connectivity index (χ3n) is 3.93. The van der Waals surface area contributed by atoms with E-state index in [-0.39, 0.29) is 0 Å². The van der Waals surface area contributed by atoms with E-state index in [0.717, 1.165) is 29.5 Å². The molecule has 0 aliphatic rings. The lowest BCUT2D eigenvalue weighted by Gasteiger charge is -2.13. The van der Waals surface area contributed by atoms with Gasteiger partial charge in [0.25, 0.3) is 0 Å². The van der Waals surface area contributed by atoms with Crippen LogP contribution >= 0.6 is 0 Å². The summed E-state index contributed by atoms with van der Waals surface area (Å²) in [5.41, 5.74) is 0. The molecule has 3 aromatic rings. The zero-order valence-electron chi connectivity index (χ0n) is 15.1. The van der Waals surface area contributed by atoms with Gasteiger partial charge in [-0.3, -0.25) is 4.68 Å². The van der Waals surface area contributed by atoms with Crippen molar-refractivity contribution in [3.63, 3.8) is 0 Å². The van der Waals surface area contributed by atoms with Gasteiger partial charge >= 0.3 is 0 Å². The van der Waals surface area contributed by atoms with Gasteiger partial charge < -0.3 is 15.4 Å². The SMILES string of the molecule is CCNC(=NCc1ncnn1C)NCCOc1cccc2ccccc12. The lowest BCUT2D eigenvalue weighted by molar-refractivity contribution is 0.325. The predicted molar refractivity (Wildman–Crippen MR) is 103 cm³/mol. The molecule has 0 radical (unpaired) electrons.